The predicted octanol–water partition coefficient (Wildman–Crippen LogP) is 2.32. The Bertz CT molecular complexity index is 885. The van der Waals surface area contributed by atoms with Crippen molar-refractivity contribution < 1.29 is 9.84 Å². The van der Waals surface area contributed by atoms with Gasteiger partial charge in [0.25, 0.3) is 0 Å². The first-order valence-corrected chi connectivity index (χ1v) is 9.26. The van der Waals surface area contributed by atoms with Gasteiger partial charge in [-0.05, 0) is 51.1 Å². The molecule has 1 N–H and O–H groups in total. The number of nitrogens with zero attached hydrogens (tertiary/aromatic N) is 5. The predicted molar refractivity (Wildman–Crippen MR) is 102 cm³/mol. The first-order chi connectivity index (χ1) is 13.1. The first kappa shape index (κ1) is 17.6. The minimum Gasteiger partial charge on any atom is -0.507 e. The van der Waals surface area contributed by atoms with Crippen molar-refractivity contribution in [3.8, 4) is 28.8 Å². The third-order valence-corrected chi connectivity index (χ3v) is 5.34. The molecule has 3 heterocycles. The topological polar surface area (TPSA) is 85.5 Å². The molecule has 4 rings (SSSR count). The molecule has 1 unspecified atom stereocenters. The number of phenols is 1. The molecule has 1 atom stereocenters. The molecule has 1 aromatic heterocycles. The van der Waals surface area contributed by atoms with Gasteiger partial charge in [0.05, 0.1) is 18.2 Å². The summed E-state index contributed by atoms with van der Waals surface area (Å²) in [6, 6.07) is 7.50. The van der Waals surface area contributed by atoms with Crippen LogP contribution in [0.3, 0.4) is 0 Å². The van der Waals surface area contributed by atoms with Crippen molar-refractivity contribution in [3.05, 3.63) is 29.3 Å². The average Bonchev–Trinajstić information content (AvgIpc) is 2.66. The fraction of sp³-hybridized carbons (Fsp3) is 0.450. The molecule has 1 aromatic carbocycles. The van der Waals surface area contributed by atoms with E-state index in [0.29, 0.717) is 35.2 Å². The van der Waals surface area contributed by atoms with Crippen LogP contribution in [0.1, 0.15) is 24.0 Å². The fourth-order valence-electron chi connectivity index (χ4n) is 4.07. The Hall–Kier alpha value is -2.85. The number of aromatic hydroxyl groups is 1. The van der Waals surface area contributed by atoms with Crippen molar-refractivity contribution in [3.63, 3.8) is 0 Å². The maximum Gasteiger partial charge on any atom is 0.194 e. The molecule has 7 heteroatoms. The van der Waals surface area contributed by atoms with E-state index in [1.54, 1.807) is 6.07 Å². The highest BCUT2D eigenvalue weighted by Gasteiger charge is 2.30. The number of aromatic nitrogens is 2. The molecule has 0 bridgehead atoms. The zero-order valence-corrected chi connectivity index (χ0v) is 15.6. The summed E-state index contributed by atoms with van der Waals surface area (Å²) in [5.41, 5.74) is 2.34. The standard InChI is InChI=1S/C20H23N5O2/c1-13-8-14(11-21)9-17(26)19(13)16-10-18-20(23-22-16)25(6-7-27-18)15-4-3-5-24(2)12-15/h8-10,15,26H,3-7,12H2,1-2H3. The molecule has 7 nitrogen and oxygen atoms in total. The van der Waals surface area contributed by atoms with E-state index in [2.05, 4.69) is 33.1 Å². The van der Waals surface area contributed by atoms with Crippen LogP contribution in [0.2, 0.25) is 0 Å². The van der Waals surface area contributed by atoms with Crippen LogP contribution in [0.5, 0.6) is 11.5 Å². The number of fused-ring (bicyclic) bond motifs is 1. The minimum absolute atomic E-state index is 0.0300. The van der Waals surface area contributed by atoms with Gasteiger partial charge in [-0.25, -0.2) is 0 Å². The van der Waals surface area contributed by atoms with Crippen molar-refractivity contribution in [2.75, 3.05) is 38.2 Å². The Kier molecular flexibility index (Phi) is 4.58. The van der Waals surface area contributed by atoms with Crippen molar-refractivity contribution in [2.45, 2.75) is 25.8 Å². The molecule has 0 radical (unpaired) electrons. The summed E-state index contributed by atoms with van der Waals surface area (Å²) >= 11 is 0. The molecule has 2 aliphatic heterocycles. The lowest BCUT2D eigenvalue weighted by molar-refractivity contribution is 0.226. The summed E-state index contributed by atoms with van der Waals surface area (Å²) in [7, 11) is 2.15. The Balaban J connectivity index is 1.69. The van der Waals surface area contributed by atoms with Gasteiger partial charge in [0.2, 0.25) is 0 Å². The second-order valence-electron chi connectivity index (χ2n) is 7.32. The number of benzene rings is 1. The lowest BCUT2D eigenvalue weighted by Gasteiger charge is -2.40. The first-order valence-electron chi connectivity index (χ1n) is 9.26. The zero-order chi connectivity index (χ0) is 19.0. The Morgan fingerprint density at radius 2 is 2.11 bits per heavy atom. The van der Waals surface area contributed by atoms with Gasteiger partial charge in [0, 0.05) is 24.2 Å². The number of likely N-dealkylation sites (tertiary alicyclic amines) is 1. The summed E-state index contributed by atoms with van der Waals surface area (Å²) in [6.07, 6.45) is 2.32. The normalized spacial score (nSPS) is 19.9. The van der Waals surface area contributed by atoms with Gasteiger partial charge in [0.1, 0.15) is 18.1 Å². The van der Waals surface area contributed by atoms with Crippen LogP contribution in [0.4, 0.5) is 5.82 Å². The van der Waals surface area contributed by atoms with Gasteiger partial charge in [-0.2, -0.15) is 5.26 Å². The van der Waals surface area contributed by atoms with Crippen molar-refractivity contribution in [1.29, 1.82) is 5.26 Å². The number of hydrogen-bond donors (Lipinski definition) is 1. The molecule has 0 amide bonds. The Morgan fingerprint density at radius 1 is 1.26 bits per heavy atom. The van der Waals surface area contributed by atoms with E-state index >= 15 is 0 Å². The molecule has 2 aliphatic rings. The van der Waals surface area contributed by atoms with Gasteiger partial charge in [-0.15, -0.1) is 10.2 Å². The molecule has 140 valence electrons. The van der Waals surface area contributed by atoms with Crippen LogP contribution in [0, 0.1) is 18.3 Å². The summed E-state index contributed by atoms with van der Waals surface area (Å²) in [5.74, 6) is 1.50. The van der Waals surface area contributed by atoms with E-state index in [1.807, 2.05) is 13.0 Å². The van der Waals surface area contributed by atoms with Gasteiger partial charge in [-0.3, -0.25) is 0 Å². The second kappa shape index (κ2) is 7.05. The molecule has 1 saturated heterocycles. The number of likely N-dealkylation sites (N-methyl/N-ethyl adjacent to an activating group) is 1. The largest absolute Gasteiger partial charge is 0.507 e. The SMILES string of the molecule is Cc1cc(C#N)cc(O)c1-c1cc2c(nn1)N(C1CCCN(C)C1)CCO2. The summed E-state index contributed by atoms with van der Waals surface area (Å²) < 4.78 is 5.87. The van der Waals surface area contributed by atoms with E-state index in [-0.39, 0.29) is 5.75 Å². The number of nitriles is 1. The number of aryl methyl sites for hydroxylation is 1. The number of piperidine rings is 1. The maximum absolute atomic E-state index is 10.4. The van der Waals surface area contributed by atoms with E-state index in [1.165, 1.54) is 12.5 Å². The lowest BCUT2D eigenvalue weighted by Crippen LogP contribution is -2.49. The molecule has 27 heavy (non-hydrogen) atoms. The Morgan fingerprint density at radius 3 is 2.85 bits per heavy atom. The monoisotopic (exact) mass is 365 g/mol. The molecular formula is C20H23N5O2. The third kappa shape index (κ3) is 3.28. The number of ether oxygens (including phenoxy) is 1. The summed E-state index contributed by atoms with van der Waals surface area (Å²) in [6.45, 7) is 5.41. The lowest BCUT2D eigenvalue weighted by atomic mass is 10.0. The van der Waals surface area contributed by atoms with E-state index in [0.717, 1.165) is 37.4 Å². The fourth-order valence-corrected chi connectivity index (χ4v) is 4.07. The number of anilines is 1. The van der Waals surface area contributed by atoms with Crippen LogP contribution in [0.25, 0.3) is 11.3 Å². The molecule has 0 saturated carbocycles. The molecule has 0 spiro atoms. The maximum atomic E-state index is 10.4. The van der Waals surface area contributed by atoms with Gasteiger partial charge in [-0.1, -0.05) is 0 Å². The Labute approximate surface area is 158 Å². The van der Waals surface area contributed by atoms with Gasteiger partial charge < -0.3 is 19.6 Å². The van der Waals surface area contributed by atoms with Crippen LogP contribution < -0.4 is 9.64 Å². The summed E-state index contributed by atoms with van der Waals surface area (Å²) in [5, 5.41) is 28.3. The van der Waals surface area contributed by atoms with E-state index in [9.17, 15) is 5.11 Å². The quantitative estimate of drug-likeness (QED) is 0.874. The number of phenolic OH excluding ortho intramolecular Hbond substituents is 1. The highest BCUT2D eigenvalue weighted by Crippen LogP contribution is 2.38. The van der Waals surface area contributed by atoms with Crippen molar-refractivity contribution >= 4 is 5.82 Å². The average molecular weight is 365 g/mol. The second-order valence-corrected chi connectivity index (χ2v) is 7.32. The van der Waals surface area contributed by atoms with E-state index < -0.39 is 0 Å². The third-order valence-electron chi connectivity index (χ3n) is 5.34. The smallest absolute Gasteiger partial charge is 0.194 e. The van der Waals surface area contributed by atoms with Gasteiger partial charge >= 0.3 is 0 Å². The zero-order valence-electron chi connectivity index (χ0n) is 15.6. The number of rotatable bonds is 2. The van der Waals surface area contributed by atoms with Crippen LogP contribution >= 0.6 is 0 Å². The van der Waals surface area contributed by atoms with Crippen molar-refractivity contribution in [2.24, 2.45) is 0 Å². The summed E-state index contributed by atoms with van der Waals surface area (Å²) in [4.78, 5) is 4.65. The van der Waals surface area contributed by atoms with Crippen molar-refractivity contribution in [1.82, 2.24) is 15.1 Å². The van der Waals surface area contributed by atoms with Gasteiger partial charge in [0.15, 0.2) is 11.6 Å². The van der Waals surface area contributed by atoms with Crippen LogP contribution in [-0.2, 0) is 0 Å². The molecule has 0 aliphatic carbocycles. The van der Waals surface area contributed by atoms with E-state index in [4.69, 9.17) is 10.00 Å². The molecule has 2 aromatic rings. The molecular weight excluding hydrogens is 342 g/mol. The number of hydrogen-bond acceptors (Lipinski definition) is 7. The highest BCUT2D eigenvalue weighted by molar-refractivity contribution is 5.74. The van der Waals surface area contributed by atoms with Crippen LogP contribution in [0.15, 0.2) is 18.2 Å². The van der Waals surface area contributed by atoms with Crippen LogP contribution in [-0.4, -0.2) is 59.5 Å². The highest BCUT2D eigenvalue weighted by atomic mass is 16.5. The minimum atomic E-state index is 0.0300. The molecule has 1 fully saturated rings.